The van der Waals surface area contributed by atoms with Crippen molar-refractivity contribution in [2.24, 2.45) is 0 Å². The van der Waals surface area contributed by atoms with Crippen molar-refractivity contribution in [3.8, 4) is 0 Å². The number of sulfonamides is 1. The zero-order valence-corrected chi connectivity index (χ0v) is 17.6. The smallest absolute Gasteiger partial charge is 0.360 e. The van der Waals surface area contributed by atoms with Gasteiger partial charge < -0.3 is 9.42 Å². The van der Waals surface area contributed by atoms with Crippen LogP contribution in [0.15, 0.2) is 39.8 Å². The monoisotopic (exact) mass is 457 g/mol. The lowest BCUT2D eigenvalue weighted by Gasteiger charge is -2.35. The largest absolute Gasteiger partial charge is 0.416 e. The molecule has 2 fully saturated rings. The zero-order chi connectivity index (χ0) is 22.4. The van der Waals surface area contributed by atoms with Gasteiger partial charge in [-0.15, -0.1) is 0 Å². The minimum Gasteiger partial charge on any atom is -0.360 e. The number of alkyl halides is 3. The maximum atomic E-state index is 13.0. The third-order valence-corrected chi connectivity index (χ3v) is 7.74. The Morgan fingerprint density at radius 1 is 1.16 bits per heavy atom. The molecule has 2 heterocycles. The van der Waals surface area contributed by atoms with Crippen LogP contribution in [-0.4, -0.2) is 54.9 Å². The number of carbonyl (C=O) groups excluding carboxylic acids is 1. The number of nitrogens with zero attached hydrogens (tertiary/aromatic N) is 3. The zero-order valence-electron chi connectivity index (χ0n) is 16.8. The van der Waals surface area contributed by atoms with E-state index in [9.17, 15) is 26.4 Å². The molecule has 11 heteroatoms. The van der Waals surface area contributed by atoms with E-state index in [1.54, 1.807) is 11.0 Å². The lowest BCUT2D eigenvalue weighted by atomic mass is 10.0. The van der Waals surface area contributed by atoms with Crippen molar-refractivity contribution in [3.63, 3.8) is 0 Å². The summed E-state index contributed by atoms with van der Waals surface area (Å²) < 4.78 is 71.0. The summed E-state index contributed by atoms with van der Waals surface area (Å²) in [5.74, 6) is 0.789. The summed E-state index contributed by atoms with van der Waals surface area (Å²) in [7, 11) is -2.75. The van der Waals surface area contributed by atoms with E-state index in [0.29, 0.717) is 43.7 Å². The van der Waals surface area contributed by atoms with Crippen molar-refractivity contribution in [1.82, 2.24) is 14.4 Å². The summed E-state index contributed by atoms with van der Waals surface area (Å²) >= 11 is 0. The van der Waals surface area contributed by atoms with Crippen LogP contribution in [0.5, 0.6) is 0 Å². The van der Waals surface area contributed by atoms with Gasteiger partial charge in [-0.25, -0.2) is 8.42 Å². The molecule has 1 aliphatic heterocycles. The van der Waals surface area contributed by atoms with Crippen molar-refractivity contribution >= 4 is 15.9 Å². The van der Waals surface area contributed by atoms with Crippen molar-refractivity contribution in [3.05, 3.63) is 47.3 Å². The third-order valence-electron chi connectivity index (χ3n) is 5.83. The number of benzene rings is 1. The van der Waals surface area contributed by atoms with Gasteiger partial charge in [0, 0.05) is 38.2 Å². The average Bonchev–Trinajstić information content (AvgIpc) is 3.49. The molecule has 0 unspecified atom stereocenters. The van der Waals surface area contributed by atoms with Crippen molar-refractivity contribution < 1.29 is 30.9 Å². The minimum atomic E-state index is -4.63. The van der Waals surface area contributed by atoms with Gasteiger partial charge in [0.25, 0.3) is 5.91 Å². The Kier molecular flexibility index (Phi) is 5.59. The number of hydrogen-bond acceptors (Lipinski definition) is 5. The fraction of sp³-hybridized carbons (Fsp3) is 0.500. The molecule has 0 N–H and O–H groups in total. The Hall–Kier alpha value is -2.40. The van der Waals surface area contributed by atoms with Crippen LogP contribution in [0.2, 0.25) is 0 Å². The van der Waals surface area contributed by atoms with Gasteiger partial charge in [-0.05, 0) is 43.9 Å². The van der Waals surface area contributed by atoms with Crippen LogP contribution in [0.3, 0.4) is 0 Å². The SMILES string of the molecule is CN(C1CCN(C(=O)c2cc(C3CC3)on2)CC1)S(=O)(=O)c1cccc(C(F)(F)F)c1. The number of carbonyl (C=O) groups is 1. The number of halogens is 3. The first kappa shape index (κ1) is 21.8. The highest BCUT2D eigenvalue weighted by atomic mass is 32.2. The Balaban J connectivity index is 1.41. The molecule has 0 bridgehead atoms. The summed E-state index contributed by atoms with van der Waals surface area (Å²) in [6.07, 6.45) is -1.83. The molecule has 1 saturated heterocycles. The van der Waals surface area contributed by atoms with Crippen LogP contribution >= 0.6 is 0 Å². The predicted octanol–water partition coefficient (Wildman–Crippen LogP) is 3.50. The van der Waals surface area contributed by atoms with Gasteiger partial charge in [-0.1, -0.05) is 11.2 Å². The van der Waals surface area contributed by atoms with Crippen LogP contribution in [-0.2, 0) is 16.2 Å². The predicted molar refractivity (Wildman–Crippen MR) is 104 cm³/mol. The maximum absolute atomic E-state index is 13.0. The molecule has 2 aliphatic rings. The Morgan fingerprint density at radius 3 is 2.45 bits per heavy atom. The van der Waals surface area contributed by atoms with Crippen LogP contribution in [0.25, 0.3) is 0 Å². The van der Waals surface area contributed by atoms with Crippen LogP contribution in [0, 0.1) is 0 Å². The van der Waals surface area contributed by atoms with Gasteiger partial charge in [0.05, 0.1) is 10.5 Å². The molecule has 7 nitrogen and oxygen atoms in total. The van der Waals surface area contributed by atoms with Crippen molar-refractivity contribution in [2.75, 3.05) is 20.1 Å². The minimum absolute atomic E-state index is 0.241. The number of aromatic nitrogens is 1. The molecule has 2 aromatic rings. The maximum Gasteiger partial charge on any atom is 0.416 e. The Bertz CT molecular complexity index is 1070. The van der Waals surface area contributed by atoms with E-state index in [4.69, 9.17) is 4.52 Å². The second kappa shape index (κ2) is 7.94. The molecule has 168 valence electrons. The Labute approximate surface area is 177 Å². The van der Waals surface area contributed by atoms with E-state index < -0.39 is 32.7 Å². The van der Waals surface area contributed by atoms with Gasteiger partial charge in [0.1, 0.15) is 5.76 Å². The normalized spacial score (nSPS) is 18.5. The molecule has 0 atom stereocenters. The van der Waals surface area contributed by atoms with Gasteiger partial charge in [0.15, 0.2) is 5.69 Å². The van der Waals surface area contributed by atoms with E-state index >= 15 is 0 Å². The van der Waals surface area contributed by atoms with Crippen molar-refractivity contribution in [2.45, 2.75) is 48.7 Å². The lowest BCUT2D eigenvalue weighted by Crippen LogP contribution is -2.47. The molecule has 1 saturated carbocycles. The van der Waals surface area contributed by atoms with E-state index in [1.807, 2.05) is 0 Å². The Morgan fingerprint density at radius 2 is 1.84 bits per heavy atom. The molecule has 1 aliphatic carbocycles. The molecule has 1 aromatic carbocycles. The van der Waals surface area contributed by atoms with Gasteiger partial charge >= 0.3 is 6.18 Å². The number of piperidine rings is 1. The van der Waals surface area contributed by atoms with Crippen LogP contribution in [0.1, 0.15) is 53.4 Å². The second-order valence-corrected chi connectivity index (χ2v) is 9.96. The van der Waals surface area contributed by atoms with Gasteiger partial charge in [-0.2, -0.15) is 17.5 Å². The van der Waals surface area contributed by atoms with E-state index in [1.165, 1.54) is 7.05 Å². The molecule has 31 heavy (non-hydrogen) atoms. The summed E-state index contributed by atoms with van der Waals surface area (Å²) in [4.78, 5) is 13.8. The van der Waals surface area contributed by atoms with Gasteiger partial charge in [-0.3, -0.25) is 4.79 Å². The fourth-order valence-corrected chi connectivity index (χ4v) is 5.20. The molecule has 1 aromatic heterocycles. The molecular formula is C20H22F3N3O4S. The van der Waals surface area contributed by atoms with E-state index in [2.05, 4.69) is 5.16 Å². The lowest BCUT2D eigenvalue weighted by molar-refractivity contribution is -0.137. The topological polar surface area (TPSA) is 83.7 Å². The number of rotatable bonds is 5. The highest BCUT2D eigenvalue weighted by molar-refractivity contribution is 7.89. The molecule has 4 rings (SSSR count). The highest BCUT2D eigenvalue weighted by Crippen LogP contribution is 2.40. The number of hydrogen-bond donors (Lipinski definition) is 0. The molecule has 0 spiro atoms. The summed E-state index contributed by atoms with van der Waals surface area (Å²) in [5, 5.41) is 3.85. The quantitative estimate of drug-likeness (QED) is 0.686. The van der Waals surface area contributed by atoms with E-state index in [-0.39, 0.29) is 11.6 Å². The molecule has 0 radical (unpaired) electrons. The highest BCUT2D eigenvalue weighted by Gasteiger charge is 2.36. The molecule has 1 amide bonds. The fourth-order valence-electron chi connectivity index (χ4n) is 3.74. The first-order chi connectivity index (χ1) is 14.6. The van der Waals surface area contributed by atoms with Crippen molar-refractivity contribution in [1.29, 1.82) is 0 Å². The molecular weight excluding hydrogens is 435 g/mol. The third kappa shape index (κ3) is 4.47. The van der Waals surface area contributed by atoms with Crippen LogP contribution < -0.4 is 0 Å². The summed E-state index contributed by atoms with van der Waals surface area (Å²) in [6.45, 7) is 0.634. The summed E-state index contributed by atoms with van der Waals surface area (Å²) in [6, 6.07) is 4.95. The number of amides is 1. The first-order valence-electron chi connectivity index (χ1n) is 9.98. The standard InChI is InChI=1S/C20H22F3N3O4S/c1-25(31(28,29)16-4-2-3-14(11-16)20(21,22)23)15-7-9-26(10-8-15)19(27)17-12-18(30-24-17)13-5-6-13/h2-4,11-13,15H,5-10H2,1H3. The van der Waals surface area contributed by atoms with Gasteiger partial charge in [0.2, 0.25) is 10.0 Å². The first-order valence-corrected chi connectivity index (χ1v) is 11.4. The summed E-state index contributed by atoms with van der Waals surface area (Å²) in [5.41, 5.74) is -0.772. The van der Waals surface area contributed by atoms with E-state index in [0.717, 1.165) is 35.3 Å². The average molecular weight is 457 g/mol. The number of likely N-dealkylation sites (tertiary alicyclic amines) is 1. The van der Waals surface area contributed by atoms with Crippen LogP contribution in [0.4, 0.5) is 13.2 Å². The second-order valence-electron chi connectivity index (χ2n) is 7.96.